The van der Waals surface area contributed by atoms with Crippen LogP contribution in [0.1, 0.15) is 17.4 Å². The number of benzene rings is 1. The lowest BCUT2D eigenvalue weighted by molar-refractivity contribution is -0.143. The molecular weight excluding hydrogens is 323 g/mol. The molecule has 3 rings (SSSR count). The van der Waals surface area contributed by atoms with Gasteiger partial charge in [0, 0.05) is 12.7 Å². The Hall–Kier alpha value is -2.35. The quantitative estimate of drug-likeness (QED) is 0.863. The molecule has 5 nitrogen and oxygen atoms in total. The molecule has 0 radical (unpaired) electrons. The predicted molar refractivity (Wildman–Crippen MR) is 78.9 cm³/mol. The van der Waals surface area contributed by atoms with Crippen molar-refractivity contribution in [2.75, 3.05) is 19.7 Å². The standard InChI is InChI=1S/C16H16F3N3O2/c17-16(18,19)14-6-7-22(20-14)11-15(23)21-8-9-24-13(10-21)12-4-2-1-3-5-12/h1-7,13H,8-11H2. The van der Waals surface area contributed by atoms with Crippen LogP contribution in [-0.2, 0) is 22.3 Å². The van der Waals surface area contributed by atoms with Gasteiger partial charge >= 0.3 is 6.18 Å². The van der Waals surface area contributed by atoms with Crippen LogP contribution in [0, 0.1) is 0 Å². The minimum Gasteiger partial charge on any atom is -0.370 e. The Kier molecular flexibility index (Phi) is 4.57. The molecule has 1 aliphatic rings. The number of hydrogen-bond donors (Lipinski definition) is 0. The Bertz CT molecular complexity index is 700. The third-order valence-corrected chi connectivity index (χ3v) is 3.82. The molecule has 0 bridgehead atoms. The molecule has 1 aromatic heterocycles. The van der Waals surface area contributed by atoms with Crippen molar-refractivity contribution in [1.82, 2.24) is 14.7 Å². The van der Waals surface area contributed by atoms with Crippen LogP contribution in [-0.4, -0.2) is 40.3 Å². The summed E-state index contributed by atoms with van der Waals surface area (Å²) >= 11 is 0. The van der Waals surface area contributed by atoms with Crippen LogP contribution in [0.25, 0.3) is 0 Å². The first kappa shape index (κ1) is 16.5. The lowest BCUT2D eigenvalue weighted by atomic mass is 10.1. The van der Waals surface area contributed by atoms with Gasteiger partial charge in [-0.15, -0.1) is 0 Å². The lowest BCUT2D eigenvalue weighted by Gasteiger charge is -2.33. The van der Waals surface area contributed by atoms with Gasteiger partial charge < -0.3 is 9.64 Å². The number of carbonyl (C=O) groups is 1. The van der Waals surface area contributed by atoms with Gasteiger partial charge in [-0.2, -0.15) is 18.3 Å². The van der Waals surface area contributed by atoms with Gasteiger partial charge in [-0.25, -0.2) is 0 Å². The average molecular weight is 339 g/mol. The highest BCUT2D eigenvalue weighted by atomic mass is 19.4. The number of alkyl halides is 3. The van der Waals surface area contributed by atoms with E-state index >= 15 is 0 Å². The first-order chi connectivity index (χ1) is 11.4. The molecule has 128 valence electrons. The first-order valence-corrected chi connectivity index (χ1v) is 7.48. The van der Waals surface area contributed by atoms with Gasteiger partial charge in [-0.05, 0) is 11.6 Å². The summed E-state index contributed by atoms with van der Waals surface area (Å²) in [5, 5.41) is 3.41. The zero-order valence-electron chi connectivity index (χ0n) is 12.7. The highest BCUT2D eigenvalue weighted by Gasteiger charge is 2.34. The van der Waals surface area contributed by atoms with Crippen LogP contribution in [0.4, 0.5) is 13.2 Å². The van der Waals surface area contributed by atoms with E-state index < -0.39 is 11.9 Å². The van der Waals surface area contributed by atoms with E-state index in [1.807, 2.05) is 30.3 Å². The van der Waals surface area contributed by atoms with Gasteiger partial charge in [0.2, 0.25) is 5.91 Å². The Labute approximate surface area is 136 Å². The second kappa shape index (κ2) is 6.64. The number of nitrogens with zero attached hydrogens (tertiary/aromatic N) is 3. The van der Waals surface area contributed by atoms with E-state index in [2.05, 4.69) is 5.10 Å². The van der Waals surface area contributed by atoms with E-state index in [4.69, 9.17) is 4.74 Å². The smallest absolute Gasteiger partial charge is 0.370 e. The zero-order valence-corrected chi connectivity index (χ0v) is 12.7. The van der Waals surface area contributed by atoms with E-state index in [-0.39, 0.29) is 18.6 Å². The topological polar surface area (TPSA) is 47.4 Å². The van der Waals surface area contributed by atoms with Crippen molar-refractivity contribution >= 4 is 5.91 Å². The first-order valence-electron chi connectivity index (χ1n) is 7.48. The van der Waals surface area contributed by atoms with Crippen LogP contribution in [0.5, 0.6) is 0 Å². The molecule has 0 aliphatic carbocycles. The number of ether oxygens (including phenoxy) is 1. The largest absolute Gasteiger partial charge is 0.435 e. The van der Waals surface area contributed by atoms with Gasteiger partial charge in [0.15, 0.2) is 5.69 Å². The maximum atomic E-state index is 12.5. The number of carbonyl (C=O) groups excluding carboxylic acids is 1. The number of amides is 1. The summed E-state index contributed by atoms with van der Waals surface area (Å²) in [6.07, 6.45) is -3.58. The molecule has 0 N–H and O–H groups in total. The number of hydrogen-bond acceptors (Lipinski definition) is 3. The molecule has 2 heterocycles. The molecule has 0 spiro atoms. The Morgan fingerprint density at radius 2 is 2.00 bits per heavy atom. The fourth-order valence-corrected chi connectivity index (χ4v) is 2.58. The van der Waals surface area contributed by atoms with Crippen molar-refractivity contribution in [2.45, 2.75) is 18.8 Å². The third-order valence-electron chi connectivity index (χ3n) is 3.82. The summed E-state index contributed by atoms with van der Waals surface area (Å²) in [6, 6.07) is 10.4. The van der Waals surface area contributed by atoms with Crippen molar-refractivity contribution in [1.29, 1.82) is 0 Å². The molecule has 1 aliphatic heterocycles. The molecule has 1 aromatic carbocycles. The molecule has 2 aromatic rings. The van der Waals surface area contributed by atoms with Crippen molar-refractivity contribution < 1.29 is 22.7 Å². The molecule has 1 fully saturated rings. The third kappa shape index (κ3) is 3.76. The summed E-state index contributed by atoms with van der Waals surface area (Å²) in [7, 11) is 0. The summed E-state index contributed by atoms with van der Waals surface area (Å²) in [5.74, 6) is -0.281. The van der Waals surface area contributed by atoms with Crippen molar-refractivity contribution in [3.8, 4) is 0 Å². The lowest BCUT2D eigenvalue weighted by Crippen LogP contribution is -2.43. The fourth-order valence-electron chi connectivity index (χ4n) is 2.58. The van der Waals surface area contributed by atoms with E-state index in [0.717, 1.165) is 22.5 Å². The van der Waals surface area contributed by atoms with Gasteiger partial charge in [0.1, 0.15) is 12.6 Å². The van der Waals surface area contributed by atoms with Crippen LogP contribution in [0.2, 0.25) is 0 Å². The fraction of sp³-hybridized carbons (Fsp3) is 0.375. The van der Waals surface area contributed by atoms with E-state index in [0.29, 0.717) is 19.7 Å². The van der Waals surface area contributed by atoms with Gasteiger partial charge in [-0.3, -0.25) is 9.48 Å². The second-order valence-electron chi connectivity index (χ2n) is 5.51. The van der Waals surface area contributed by atoms with Gasteiger partial charge in [0.05, 0.1) is 13.2 Å². The minimum atomic E-state index is -4.51. The molecule has 8 heteroatoms. The Morgan fingerprint density at radius 1 is 1.25 bits per heavy atom. The SMILES string of the molecule is O=C(Cn1ccc(C(F)(F)F)n1)N1CCOC(c2ccccc2)C1. The van der Waals surface area contributed by atoms with Crippen LogP contribution in [0.15, 0.2) is 42.6 Å². The highest BCUT2D eigenvalue weighted by Crippen LogP contribution is 2.27. The maximum Gasteiger partial charge on any atom is 0.435 e. The number of halogens is 3. The molecule has 1 unspecified atom stereocenters. The van der Waals surface area contributed by atoms with E-state index in [9.17, 15) is 18.0 Å². The zero-order chi connectivity index (χ0) is 17.2. The van der Waals surface area contributed by atoms with Crippen LogP contribution >= 0.6 is 0 Å². The van der Waals surface area contributed by atoms with Crippen molar-refractivity contribution in [2.24, 2.45) is 0 Å². The van der Waals surface area contributed by atoms with E-state index in [1.54, 1.807) is 4.90 Å². The van der Waals surface area contributed by atoms with Crippen LogP contribution in [0.3, 0.4) is 0 Å². The van der Waals surface area contributed by atoms with Crippen molar-refractivity contribution in [3.63, 3.8) is 0 Å². The molecule has 1 amide bonds. The second-order valence-corrected chi connectivity index (χ2v) is 5.51. The molecule has 1 saturated heterocycles. The number of rotatable bonds is 3. The highest BCUT2D eigenvalue weighted by molar-refractivity contribution is 5.76. The summed E-state index contributed by atoms with van der Waals surface area (Å²) in [4.78, 5) is 13.9. The van der Waals surface area contributed by atoms with Gasteiger partial charge in [-0.1, -0.05) is 30.3 Å². The predicted octanol–water partition coefficient (Wildman–Crippen LogP) is 2.50. The summed E-state index contributed by atoms with van der Waals surface area (Å²) in [6.45, 7) is 0.946. The molecule has 1 atom stereocenters. The summed E-state index contributed by atoms with van der Waals surface area (Å²) < 4.78 is 44.3. The number of aromatic nitrogens is 2. The molecular formula is C16H16F3N3O2. The minimum absolute atomic E-state index is 0.225. The monoisotopic (exact) mass is 339 g/mol. The van der Waals surface area contributed by atoms with E-state index in [1.165, 1.54) is 0 Å². The Morgan fingerprint density at radius 3 is 2.67 bits per heavy atom. The summed E-state index contributed by atoms with van der Waals surface area (Å²) in [5.41, 5.74) is -0.0344. The van der Waals surface area contributed by atoms with Gasteiger partial charge in [0.25, 0.3) is 0 Å². The molecule has 24 heavy (non-hydrogen) atoms. The maximum absolute atomic E-state index is 12.5. The van der Waals surface area contributed by atoms with Crippen molar-refractivity contribution in [3.05, 3.63) is 53.9 Å². The normalized spacial score (nSPS) is 18.6. The average Bonchev–Trinajstić information content (AvgIpc) is 3.05. The number of morpholine rings is 1. The Balaban J connectivity index is 1.63. The molecule has 0 saturated carbocycles. The van der Waals surface area contributed by atoms with Crippen LogP contribution < -0.4 is 0 Å².